The number of hydrogen-bond acceptors (Lipinski definition) is 5. The molecular formula is C12H15NO5. The molecule has 6 nitrogen and oxygen atoms in total. The van der Waals surface area contributed by atoms with Gasteiger partial charge in [0.05, 0.1) is 13.7 Å². The summed E-state index contributed by atoms with van der Waals surface area (Å²) in [5.74, 6) is -0.807. The van der Waals surface area contributed by atoms with Crippen molar-refractivity contribution < 1.29 is 24.2 Å². The summed E-state index contributed by atoms with van der Waals surface area (Å²) in [4.78, 5) is 22.1. The van der Waals surface area contributed by atoms with E-state index < -0.39 is 18.2 Å². The third kappa shape index (κ3) is 4.84. The Hall–Kier alpha value is -2.08. The minimum atomic E-state index is -1.39. The van der Waals surface area contributed by atoms with E-state index in [0.717, 1.165) is 12.7 Å². The molecule has 98 valence electrons. The summed E-state index contributed by atoms with van der Waals surface area (Å²) in [7, 11) is 1.15. The van der Waals surface area contributed by atoms with E-state index in [-0.39, 0.29) is 13.2 Å². The molecule has 0 heterocycles. The first kappa shape index (κ1) is 14.0. The maximum Gasteiger partial charge on any atom is 0.407 e. The number of amides is 1. The number of carbonyl (C=O) groups is 2. The average Bonchev–Trinajstić information content (AvgIpc) is 2.42. The first-order chi connectivity index (χ1) is 8.63. The van der Waals surface area contributed by atoms with Gasteiger partial charge in [0.25, 0.3) is 0 Å². The minimum Gasteiger partial charge on any atom is -0.467 e. The second-order valence-corrected chi connectivity index (χ2v) is 3.48. The van der Waals surface area contributed by atoms with Crippen molar-refractivity contribution in [3.05, 3.63) is 35.9 Å². The van der Waals surface area contributed by atoms with E-state index in [1.807, 2.05) is 30.3 Å². The molecule has 0 aliphatic heterocycles. The summed E-state index contributed by atoms with van der Waals surface area (Å²) in [5.41, 5.74) is 0.848. The van der Waals surface area contributed by atoms with Crippen LogP contribution in [-0.4, -0.2) is 36.9 Å². The molecule has 1 aromatic rings. The number of aliphatic hydroxyl groups is 1. The predicted octanol–water partition coefficient (Wildman–Crippen LogP) is 0.447. The van der Waals surface area contributed by atoms with Crippen molar-refractivity contribution in [3.8, 4) is 0 Å². The number of nitrogens with one attached hydrogen (secondary N) is 1. The number of carbonyl (C=O) groups excluding carboxylic acids is 2. The molecule has 0 bridgehead atoms. The van der Waals surface area contributed by atoms with Crippen LogP contribution in [0.2, 0.25) is 0 Å². The summed E-state index contributed by atoms with van der Waals surface area (Å²) < 4.78 is 9.17. The number of benzene rings is 1. The fourth-order valence-corrected chi connectivity index (χ4v) is 1.17. The molecule has 1 aromatic carbocycles. The van der Waals surface area contributed by atoms with Gasteiger partial charge in [-0.3, -0.25) is 0 Å². The Balaban J connectivity index is 2.24. The van der Waals surface area contributed by atoms with Gasteiger partial charge in [0.15, 0.2) is 6.10 Å². The standard InChI is InChI=1S/C12H15NO5/c1-17-11(15)10(14)7-13-12(16)18-8-9-5-3-2-4-6-9/h2-6,10,14H,7-8H2,1H3,(H,13,16)/t10-/m0/s1. The molecule has 0 unspecified atom stereocenters. The zero-order valence-electron chi connectivity index (χ0n) is 9.96. The van der Waals surface area contributed by atoms with Gasteiger partial charge in [-0.25, -0.2) is 9.59 Å². The molecule has 1 rings (SSSR count). The molecule has 18 heavy (non-hydrogen) atoms. The van der Waals surface area contributed by atoms with Crippen molar-refractivity contribution in [3.63, 3.8) is 0 Å². The predicted molar refractivity (Wildman–Crippen MR) is 62.7 cm³/mol. The van der Waals surface area contributed by atoms with E-state index in [1.165, 1.54) is 0 Å². The topological polar surface area (TPSA) is 84.9 Å². The quantitative estimate of drug-likeness (QED) is 0.744. The maximum atomic E-state index is 11.2. The van der Waals surface area contributed by atoms with Crippen LogP contribution in [0, 0.1) is 0 Å². The van der Waals surface area contributed by atoms with Gasteiger partial charge in [0.2, 0.25) is 0 Å². The first-order valence-corrected chi connectivity index (χ1v) is 5.34. The molecular weight excluding hydrogens is 238 g/mol. The van der Waals surface area contributed by atoms with Crippen molar-refractivity contribution in [1.82, 2.24) is 5.32 Å². The lowest BCUT2D eigenvalue weighted by Gasteiger charge is -2.10. The maximum absolute atomic E-state index is 11.2. The smallest absolute Gasteiger partial charge is 0.407 e. The van der Waals surface area contributed by atoms with Gasteiger partial charge in [0.1, 0.15) is 6.61 Å². The van der Waals surface area contributed by atoms with Crippen LogP contribution < -0.4 is 5.32 Å². The van der Waals surface area contributed by atoms with Crippen molar-refractivity contribution in [2.75, 3.05) is 13.7 Å². The Labute approximate surface area is 105 Å². The highest BCUT2D eigenvalue weighted by Crippen LogP contribution is 2.00. The highest BCUT2D eigenvalue weighted by molar-refractivity contribution is 5.75. The molecule has 6 heteroatoms. The van der Waals surface area contributed by atoms with Gasteiger partial charge in [-0.15, -0.1) is 0 Å². The van der Waals surface area contributed by atoms with E-state index in [4.69, 9.17) is 4.74 Å². The largest absolute Gasteiger partial charge is 0.467 e. The van der Waals surface area contributed by atoms with E-state index in [9.17, 15) is 14.7 Å². The Morgan fingerprint density at radius 2 is 2.00 bits per heavy atom. The summed E-state index contributed by atoms with van der Waals surface area (Å²) in [6, 6.07) is 9.15. The number of methoxy groups -OCH3 is 1. The first-order valence-electron chi connectivity index (χ1n) is 5.34. The highest BCUT2D eigenvalue weighted by atomic mass is 16.6. The van der Waals surface area contributed by atoms with Crippen LogP contribution in [0.3, 0.4) is 0 Å². The van der Waals surface area contributed by atoms with E-state index in [1.54, 1.807) is 0 Å². The van der Waals surface area contributed by atoms with Crippen molar-refractivity contribution in [1.29, 1.82) is 0 Å². The fourth-order valence-electron chi connectivity index (χ4n) is 1.17. The Morgan fingerprint density at radius 3 is 2.61 bits per heavy atom. The highest BCUT2D eigenvalue weighted by Gasteiger charge is 2.16. The average molecular weight is 253 g/mol. The van der Waals surface area contributed by atoms with Crippen molar-refractivity contribution >= 4 is 12.1 Å². The van der Waals surface area contributed by atoms with E-state index >= 15 is 0 Å². The van der Waals surface area contributed by atoms with Gasteiger partial charge in [-0.1, -0.05) is 30.3 Å². The molecule has 0 spiro atoms. The third-order valence-electron chi connectivity index (χ3n) is 2.13. The van der Waals surface area contributed by atoms with Gasteiger partial charge in [-0.05, 0) is 5.56 Å². The lowest BCUT2D eigenvalue weighted by atomic mass is 10.2. The number of alkyl carbamates (subject to hydrolysis) is 1. The second-order valence-electron chi connectivity index (χ2n) is 3.48. The Bertz CT molecular complexity index is 393. The summed E-state index contributed by atoms with van der Waals surface area (Å²) in [5, 5.41) is 11.5. The number of hydrogen-bond donors (Lipinski definition) is 2. The van der Waals surface area contributed by atoms with E-state index in [2.05, 4.69) is 10.1 Å². The number of ether oxygens (including phenoxy) is 2. The summed E-state index contributed by atoms with van der Waals surface area (Å²) in [6.07, 6.45) is -2.10. The monoisotopic (exact) mass is 253 g/mol. The number of aliphatic hydroxyl groups excluding tert-OH is 1. The fraction of sp³-hybridized carbons (Fsp3) is 0.333. The molecule has 1 amide bonds. The SMILES string of the molecule is COC(=O)[C@@H](O)CNC(=O)OCc1ccccc1. The van der Waals surface area contributed by atoms with Crippen LogP contribution >= 0.6 is 0 Å². The second kappa shape index (κ2) is 7.29. The molecule has 0 saturated carbocycles. The van der Waals surface area contributed by atoms with Crippen LogP contribution in [0.15, 0.2) is 30.3 Å². The number of rotatable bonds is 5. The van der Waals surface area contributed by atoms with E-state index in [0.29, 0.717) is 0 Å². The summed E-state index contributed by atoms with van der Waals surface area (Å²) >= 11 is 0. The minimum absolute atomic E-state index is 0.126. The Kier molecular flexibility index (Phi) is 5.66. The van der Waals surface area contributed by atoms with Gasteiger partial charge in [-0.2, -0.15) is 0 Å². The van der Waals surface area contributed by atoms with Gasteiger partial charge in [0, 0.05) is 0 Å². The molecule has 0 fully saturated rings. The van der Waals surface area contributed by atoms with Crippen LogP contribution in [0.1, 0.15) is 5.56 Å². The third-order valence-corrected chi connectivity index (χ3v) is 2.13. The zero-order chi connectivity index (χ0) is 13.4. The van der Waals surface area contributed by atoms with Gasteiger partial charge >= 0.3 is 12.1 Å². The van der Waals surface area contributed by atoms with Crippen molar-refractivity contribution in [2.24, 2.45) is 0 Å². The molecule has 0 aliphatic rings. The zero-order valence-corrected chi connectivity index (χ0v) is 9.96. The van der Waals surface area contributed by atoms with Crippen LogP contribution in [0.4, 0.5) is 4.79 Å². The molecule has 0 radical (unpaired) electrons. The molecule has 0 saturated heterocycles. The molecule has 2 N–H and O–H groups in total. The molecule has 0 aromatic heterocycles. The van der Waals surface area contributed by atoms with Crippen LogP contribution in [0.25, 0.3) is 0 Å². The Morgan fingerprint density at radius 1 is 1.33 bits per heavy atom. The van der Waals surface area contributed by atoms with Gasteiger partial charge < -0.3 is 19.9 Å². The molecule has 1 atom stereocenters. The lowest BCUT2D eigenvalue weighted by molar-refractivity contribution is -0.149. The van der Waals surface area contributed by atoms with Crippen LogP contribution in [-0.2, 0) is 20.9 Å². The summed E-state index contributed by atoms with van der Waals surface area (Å²) in [6.45, 7) is -0.124. The van der Waals surface area contributed by atoms with Crippen molar-refractivity contribution in [2.45, 2.75) is 12.7 Å². The van der Waals surface area contributed by atoms with Crippen LogP contribution in [0.5, 0.6) is 0 Å². The number of esters is 1. The lowest BCUT2D eigenvalue weighted by Crippen LogP contribution is -2.37. The molecule has 0 aliphatic carbocycles. The normalized spacial score (nSPS) is 11.4.